The summed E-state index contributed by atoms with van der Waals surface area (Å²) in [5, 5.41) is 8.56. The Morgan fingerprint density at radius 1 is 1.67 bits per heavy atom. The highest BCUT2D eigenvalue weighted by atomic mass is 19.3. The molecule has 1 aliphatic rings. The molecule has 0 radical (unpaired) electrons. The number of hydrogen-bond donors (Lipinski definition) is 1. The minimum Gasteiger partial charge on any atom is -0.480 e. The molecule has 88 valence electrons. The molecule has 1 atom stereocenters. The molecule has 15 heavy (non-hydrogen) atoms. The van der Waals surface area contributed by atoms with Crippen LogP contribution in [0.3, 0.4) is 0 Å². The van der Waals surface area contributed by atoms with Gasteiger partial charge < -0.3 is 9.84 Å². The number of hydrogen-bond acceptors (Lipinski definition) is 3. The van der Waals surface area contributed by atoms with E-state index in [-0.39, 0.29) is 19.6 Å². The third-order valence-corrected chi connectivity index (χ3v) is 2.34. The average molecular weight is 223 g/mol. The summed E-state index contributed by atoms with van der Waals surface area (Å²) in [6.07, 6.45) is -0.319. The van der Waals surface area contributed by atoms with E-state index in [2.05, 4.69) is 0 Å². The minimum absolute atomic E-state index is 0.166. The van der Waals surface area contributed by atoms with Gasteiger partial charge in [-0.3, -0.25) is 9.69 Å². The normalized spacial score (nSPS) is 25.7. The van der Waals surface area contributed by atoms with E-state index in [1.807, 2.05) is 0 Å². The first kappa shape index (κ1) is 12.3. The van der Waals surface area contributed by atoms with Crippen molar-refractivity contribution in [2.45, 2.75) is 25.3 Å². The average Bonchev–Trinajstić information content (AvgIpc) is 2.36. The molecular weight excluding hydrogens is 208 g/mol. The lowest BCUT2D eigenvalue weighted by Gasteiger charge is -2.20. The summed E-state index contributed by atoms with van der Waals surface area (Å²) in [6.45, 7) is 1.54. The molecule has 1 rings (SSSR count). The summed E-state index contributed by atoms with van der Waals surface area (Å²) in [5.74, 6) is -3.88. The molecule has 1 heterocycles. The lowest BCUT2D eigenvalue weighted by molar-refractivity contribution is -0.138. The van der Waals surface area contributed by atoms with E-state index in [0.717, 1.165) is 0 Å². The summed E-state index contributed by atoms with van der Waals surface area (Å²) in [6, 6.07) is -0.490. The van der Waals surface area contributed by atoms with Crippen LogP contribution in [0.1, 0.15) is 13.3 Å². The number of ether oxygens (including phenoxy) is 1. The van der Waals surface area contributed by atoms with Gasteiger partial charge in [0, 0.05) is 19.1 Å². The van der Waals surface area contributed by atoms with Gasteiger partial charge >= 0.3 is 5.97 Å². The number of carbonyl (C=O) groups is 1. The van der Waals surface area contributed by atoms with Gasteiger partial charge in [-0.05, 0) is 6.92 Å². The number of aliphatic carboxylic acids is 1. The molecule has 0 spiro atoms. The van der Waals surface area contributed by atoms with Crippen LogP contribution in [-0.2, 0) is 9.53 Å². The first-order valence-electron chi connectivity index (χ1n) is 4.86. The van der Waals surface area contributed by atoms with Crippen LogP contribution in [0.25, 0.3) is 0 Å². The summed E-state index contributed by atoms with van der Waals surface area (Å²) in [7, 11) is 0. The van der Waals surface area contributed by atoms with Gasteiger partial charge in [-0.1, -0.05) is 0 Å². The van der Waals surface area contributed by atoms with Crippen molar-refractivity contribution in [2.75, 3.05) is 26.3 Å². The van der Waals surface area contributed by atoms with Crippen LogP contribution in [0.4, 0.5) is 8.78 Å². The number of halogens is 2. The third-order valence-electron chi connectivity index (χ3n) is 2.34. The van der Waals surface area contributed by atoms with Gasteiger partial charge in [0.15, 0.2) is 0 Å². The molecule has 1 fully saturated rings. The lowest BCUT2D eigenvalue weighted by Crippen LogP contribution is -2.37. The molecule has 0 bridgehead atoms. The van der Waals surface area contributed by atoms with E-state index in [1.165, 1.54) is 4.90 Å². The minimum atomic E-state index is -2.79. The lowest BCUT2D eigenvalue weighted by atomic mass is 10.2. The Morgan fingerprint density at radius 3 is 2.87 bits per heavy atom. The predicted molar refractivity (Wildman–Crippen MR) is 49.1 cm³/mol. The molecular formula is C9H15F2NO3. The van der Waals surface area contributed by atoms with Crippen molar-refractivity contribution in [3.63, 3.8) is 0 Å². The molecule has 0 aromatic heterocycles. The fourth-order valence-corrected chi connectivity index (χ4v) is 1.74. The van der Waals surface area contributed by atoms with Gasteiger partial charge in [0.2, 0.25) is 0 Å². The first-order chi connectivity index (χ1) is 6.94. The van der Waals surface area contributed by atoms with E-state index < -0.39 is 24.5 Å². The van der Waals surface area contributed by atoms with E-state index in [9.17, 15) is 13.6 Å². The van der Waals surface area contributed by atoms with Gasteiger partial charge in [0.1, 0.15) is 0 Å². The molecule has 1 N–H and O–H groups in total. The van der Waals surface area contributed by atoms with Crippen LogP contribution in [0.15, 0.2) is 0 Å². The maximum absolute atomic E-state index is 13.0. The second-order valence-electron chi connectivity index (χ2n) is 3.67. The quantitative estimate of drug-likeness (QED) is 0.749. The van der Waals surface area contributed by atoms with Crippen molar-refractivity contribution in [1.29, 1.82) is 0 Å². The van der Waals surface area contributed by atoms with Gasteiger partial charge in [-0.25, -0.2) is 8.78 Å². The summed E-state index contributed by atoms with van der Waals surface area (Å²) in [5.41, 5.74) is 0. The highest BCUT2D eigenvalue weighted by molar-refractivity contribution is 5.69. The molecule has 0 aromatic carbocycles. The van der Waals surface area contributed by atoms with E-state index in [4.69, 9.17) is 9.84 Å². The molecule has 4 nitrogen and oxygen atoms in total. The van der Waals surface area contributed by atoms with E-state index in [0.29, 0.717) is 6.61 Å². The second-order valence-corrected chi connectivity index (χ2v) is 3.67. The van der Waals surface area contributed by atoms with Crippen molar-refractivity contribution in [3.8, 4) is 0 Å². The fraction of sp³-hybridized carbons (Fsp3) is 0.889. The maximum atomic E-state index is 13.0. The molecule has 1 aliphatic heterocycles. The van der Waals surface area contributed by atoms with Gasteiger partial charge in [-0.15, -0.1) is 0 Å². The van der Waals surface area contributed by atoms with E-state index in [1.54, 1.807) is 6.92 Å². The Bertz CT molecular complexity index is 235. The molecule has 0 amide bonds. The third kappa shape index (κ3) is 3.71. The Labute approximate surface area is 86.8 Å². The van der Waals surface area contributed by atoms with Crippen molar-refractivity contribution in [3.05, 3.63) is 0 Å². The van der Waals surface area contributed by atoms with Crippen molar-refractivity contribution >= 4 is 5.97 Å². The number of carboxylic acid groups (broad SMARTS) is 1. The zero-order valence-corrected chi connectivity index (χ0v) is 8.58. The van der Waals surface area contributed by atoms with Crippen molar-refractivity contribution in [2.24, 2.45) is 0 Å². The highest BCUT2D eigenvalue weighted by Crippen LogP contribution is 2.31. The van der Waals surface area contributed by atoms with Crippen LogP contribution in [0.2, 0.25) is 0 Å². The molecule has 0 saturated carbocycles. The fourth-order valence-electron chi connectivity index (χ4n) is 1.74. The Morgan fingerprint density at radius 2 is 2.33 bits per heavy atom. The smallest absolute Gasteiger partial charge is 0.317 e. The highest BCUT2D eigenvalue weighted by Gasteiger charge is 2.45. The van der Waals surface area contributed by atoms with Crippen molar-refractivity contribution in [1.82, 2.24) is 4.90 Å². The standard InChI is InChI=1S/C9H15F2NO3/c1-2-15-5-7-3-9(10,11)6-12(7)4-8(13)14/h7H,2-6H2,1H3,(H,13,14). The van der Waals surface area contributed by atoms with E-state index >= 15 is 0 Å². The topological polar surface area (TPSA) is 49.8 Å². The van der Waals surface area contributed by atoms with Crippen LogP contribution >= 0.6 is 0 Å². The van der Waals surface area contributed by atoms with Gasteiger partial charge in [0.25, 0.3) is 5.92 Å². The van der Waals surface area contributed by atoms with Gasteiger partial charge in [0.05, 0.1) is 19.7 Å². The Kier molecular flexibility index (Phi) is 3.98. The largest absolute Gasteiger partial charge is 0.480 e. The van der Waals surface area contributed by atoms with Crippen LogP contribution in [0.5, 0.6) is 0 Å². The van der Waals surface area contributed by atoms with Crippen LogP contribution in [-0.4, -0.2) is 54.2 Å². The number of alkyl halides is 2. The van der Waals surface area contributed by atoms with Gasteiger partial charge in [-0.2, -0.15) is 0 Å². The SMILES string of the molecule is CCOCC1CC(F)(F)CN1CC(=O)O. The number of nitrogens with zero attached hydrogens (tertiary/aromatic N) is 1. The monoisotopic (exact) mass is 223 g/mol. The molecule has 1 saturated heterocycles. The molecule has 6 heteroatoms. The number of carboxylic acids is 1. The second kappa shape index (κ2) is 4.85. The predicted octanol–water partition coefficient (Wildman–Crippen LogP) is 0.817. The molecule has 0 aliphatic carbocycles. The van der Waals surface area contributed by atoms with Crippen LogP contribution in [0, 0.1) is 0 Å². The summed E-state index contributed by atoms with van der Waals surface area (Å²) in [4.78, 5) is 11.7. The zero-order valence-electron chi connectivity index (χ0n) is 8.58. The maximum Gasteiger partial charge on any atom is 0.317 e. The zero-order chi connectivity index (χ0) is 11.5. The number of rotatable bonds is 5. The Hall–Kier alpha value is -0.750. The molecule has 1 unspecified atom stereocenters. The summed E-state index contributed by atoms with van der Waals surface area (Å²) >= 11 is 0. The van der Waals surface area contributed by atoms with Crippen LogP contribution < -0.4 is 0 Å². The molecule has 0 aromatic rings. The Balaban J connectivity index is 2.53. The number of likely N-dealkylation sites (tertiary alicyclic amines) is 1. The summed E-state index contributed by atoms with van der Waals surface area (Å²) < 4.78 is 31.1. The van der Waals surface area contributed by atoms with Crippen molar-refractivity contribution < 1.29 is 23.4 Å². The first-order valence-corrected chi connectivity index (χ1v) is 4.86.